The van der Waals surface area contributed by atoms with Gasteiger partial charge in [0, 0.05) is 11.8 Å². The first-order valence-corrected chi connectivity index (χ1v) is 10.5. The van der Waals surface area contributed by atoms with Crippen LogP contribution in [0.1, 0.15) is 73.2 Å². The van der Waals surface area contributed by atoms with E-state index in [0.29, 0.717) is 17.8 Å². The number of nitrogens with zero attached hydrogens (tertiary/aromatic N) is 2. The minimum absolute atomic E-state index is 0.310. The van der Waals surface area contributed by atoms with Crippen LogP contribution in [0.4, 0.5) is 0 Å². The summed E-state index contributed by atoms with van der Waals surface area (Å²) in [6.45, 7) is 0. The standard InChI is InChI=1S/C24H28N2O2/c1-28-22-5-3-2-4-19(22)16-8-10-18(11-9-16)24(27)23-20(17-6-7-17)12-13-26-15-25-14-21(23)26/h2-5,12-18,24,27H,6-11H2,1H3/t16-,18-,24-/m1/s1. The molecule has 3 aromatic rings. The van der Waals surface area contributed by atoms with Crippen LogP contribution in [0.3, 0.4) is 0 Å². The molecule has 0 bridgehead atoms. The van der Waals surface area contributed by atoms with E-state index in [0.717, 1.165) is 42.5 Å². The highest BCUT2D eigenvalue weighted by Crippen LogP contribution is 2.48. The molecule has 0 saturated heterocycles. The molecule has 4 heteroatoms. The second-order valence-electron chi connectivity index (χ2n) is 8.44. The molecule has 2 fully saturated rings. The van der Waals surface area contributed by atoms with Crippen molar-refractivity contribution < 1.29 is 9.84 Å². The SMILES string of the molecule is COc1ccccc1[C@H]1CC[C@H]([C@@H](O)c2c(C3CC3)ccn3cncc23)CC1. The Labute approximate surface area is 166 Å². The molecule has 0 radical (unpaired) electrons. The molecular formula is C24H28N2O2. The molecule has 28 heavy (non-hydrogen) atoms. The molecule has 0 aliphatic heterocycles. The fraction of sp³-hybridized carbons (Fsp3) is 0.458. The van der Waals surface area contributed by atoms with E-state index in [1.165, 1.54) is 24.0 Å². The molecule has 2 aromatic heterocycles. The maximum absolute atomic E-state index is 11.4. The van der Waals surface area contributed by atoms with Gasteiger partial charge < -0.3 is 14.2 Å². The van der Waals surface area contributed by atoms with Crippen LogP contribution >= 0.6 is 0 Å². The van der Waals surface area contributed by atoms with Crippen molar-refractivity contribution >= 4 is 5.52 Å². The Morgan fingerprint density at radius 1 is 1.00 bits per heavy atom. The number of aliphatic hydroxyl groups is 1. The van der Waals surface area contributed by atoms with E-state index >= 15 is 0 Å². The molecule has 0 spiro atoms. The Bertz CT molecular complexity index is 968. The van der Waals surface area contributed by atoms with Gasteiger partial charge in [-0.2, -0.15) is 0 Å². The van der Waals surface area contributed by atoms with E-state index in [1.807, 2.05) is 23.0 Å². The van der Waals surface area contributed by atoms with E-state index in [9.17, 15) is 5.11 Å². The third-order valence-corrected chi connectivity index (χ3v) is 6.78. The van der Waals surface area contributed by atoms with Crippen LogP contribution < -0.4 is 4.74 Å². The predicted molar refractivity (Wildman–Crippen MR) is 110 cm³/mol. The lowest BCUT2D eigenvalue weighted by Crippen LogP contribution is -2.21. The van der Waals surface area contributed by atoms with E-state index in [-0.39, 0.29) is 0 Å². The molecular weight excluding hydrogens is 348 g/mol. The average Bonchev–Trinajstić information content (AvgIpc) is 3.49. The van der Waals surface area contributed by atoms with Crippen molar-refractivity contribution in [1.82, 2.24) is 9.38 Å². The van der Waals surface area contributed by atoms with Gasteiger partial charge in [0.15, 0.2) is 0 Å². The van der Waals surface area contributed by atoms with Crippen LogP contribution in [0.2, 0.25) is 0 Å². The number of ether oxygens (including phenoxy) is 1. The highest BCUT2D eigenvalue weighted by molar-refractivity contribution is 5.59. The van der Waals surface area contributed by atoms with Crippen molar-refractivity contribution in [2.75, 3.05) is 7.11 Å². The number of hydrogen-bond donors (Lipinski definition) is 1. The van der Waals surface area contributed by atoms with Crippen molar-refractivity contribution in [2.45, 2.75) is 56.5 Å². The highest BCUT2D eigenvalue weighted by atomic mass is 16.5. The number of pyridine rings is 1. The average molecular weight is 377 g/mol. The number of rotatable bonds is 5. The van der Waals surface area contributed by atoms with Gasteiger partial charge in [-0.05, 0) is 79.5 Å². The van der Waals surface area contributed by atoms with Gasteiger partial charge in [-0.1, -0.05) is 18.2 Å². The minimum Gasteiger partial charge on any atom is -0.496 e. The molecule has 0 amide bonds. The van der Waals surface area contributed by atoms with Gasteiger partial charge in [-0.3, -0.25) is 0 Å². The normalized spacial score (nSPS) is 23.6. The van der Waals surface area contributed by atoms with Gasteiger partial charge >= 0.3 is 0 Å². The summed E-state index contributed by atoms with van der Waals surface area (Å²) >= 11 is 0. The van der Waals surface area contributed by atoms with E-state index < -0.39 is 6.10 Å². The Hall–Kier alpha value is -2.33. The molecule has 2 aliphatic rings. The van der Waals surface area contributed by atoms with Gasteiger partial charge in [0.1, 0.15) is 5.75 Å². The molecule has 2 saturated carbocycles. The lowest BCUT2D eigenvalue weighted by atomic mass is 9.74. The molecule has 1 aromatic carbocycles. The number of para-hydroxylation sites is 1. The first-order valence-electron chi connectivity index (χ1n) is 10.5. The van der Waals surface area contributed by atoms with E-state index in [4.69, 9.17) is 4.74 Å². The third kappa shape index (κ3) is 3.10. The maximum Gasteiger partial charge on any atom is 0.122 e. The summed E-state index contributed by atoms with van der Waals surface area (Å²) in [6, 6.07) is 10.6. The monoisotopic (exact) mass is 376 g/mol. The van der Waals surface area contributed by atoms with Crippen molar-refractivity contribution in [1.29, 1.82) is 0 Å². The first-order chi connectivity index (χ1) is 13.8. The zero-order valence-corrected chi connectivity index (χ0v) is 16.4. The van der Waals surface area contributed by atoms with Crippen molar-refractivity contribution in [3.05, 3.63) is 65.7 Å². The number of benzene rings is 1. The summed E-state index contributed by atoms with van der Waals surface area (Å²) in [6.07, 6.45) is 12.2. The molecule has 0 unspecified atom stereocenters. The van der Waals surface area contributed by atoms with Crippen LogP contribution in [0.25, 0.3) is 5.52 Å². The van der Waals surface area contributed by atoms with Gasteiger partial charge in [-0.25, -0.2) is 4.98 Å². The second kappa shape index (κ2) is 7.25. The maximum atomic E-state index is 11.4. The predicted octanol–water partition coefficient (Wildman–Crippen LogP) is 5.23. The molecule has 146 valence electrons. The Kier molecular flexibility index (Phi) is 4.59. The summed E-state index contributed by atoms with van der Waals surface area (Å²) in [5.74, 6) is 2.44. The number of methoxy groups -OCH3 is 1. The first kappa shape index (κ1) is 17.7. The summed E-state index contributed by atoms with van der Waals surface area (Å²) < 4.78 is 7.62. The molecule has 5 rings (SSSR count). The van der Waals surface area contributed by atoms with Gasteiger partial charge in [0.25, 0.3) is 0 Å². The number of aliphatic hydroxyl groups excluding tert-OH is 1. The largest absolute Gasteiger partial charge is 0.496 e. The van der Waals surface area contributed by atoms with Crippen LogP contribution in [0.15, 0.2) is 49.1 Å². The van der Waals surface area contributed by atoms with Crippen LogP contribution in [0, 0.1) is 5.92 Å². The van der Waals surface area contributed by atoms with Gasteiger partial charge in [0.05, 0.1) is 31.3 Å². The van der Waals surface area contributed by atoms with E-state index in [2.05, 4.69) is 35.4 Å². The van der Waals surface area contributed by atoms with Crippen molar-refractivity contribution in [3.8, 4) is 5.75 Å². The van der Waals surface area contributed by atoms with Crippen LogP contribution in [-0.4, -0.2) is 21.6 Å². The molecule has 1 N–H and O–H groups in total. The third-order valence-electron chi connectivity index (χ3n) is 6.78. The molecule has 2 heterocycles. The lowest BCUT2D eigenvalue weighted by Gasteiger charge is -2.33. The van der Waals surface area contributed by atoms with Gasteiger partial charge in [-0.15, -0.1) is 0 Å². The summed E-state index contributed by atoms with van der Waals surface area (Å²) in [5.41, 5.74) is 4.86. The summed E-state index contributed by atoms with van der Waals surface area (Å²) in [5, 5.41) is 11.4. The fourth-order valence-corrected chi connectivity index (χ4v) is 5.09. The number of aromatic nitrogens is 2. The minimum atomic E-state index is -0.408. The highest BCUT2D eigenvalue weighted by Gasteiger charge is 2.34. The fourth-order valence-electron chi connectivity index (χ4n) is 5.09. The zero-order valence-electron chi connectivity index (χ0n) is 16.4. The van der Waals surface area contributed by atoms with Crippen molar-refractivity contribution in [2.24, 2.45) is 5.92 Å². The van der Waals surface area contributed by atoms with Gasteiger partial charge in [0.2, 0.25) is 0 Å². The van der Waals surface area contributed by atoms with E-state index in [1.54, 1.807) is 7.11 Å². The van der Waals surface area contributed by atoms with Crippen molar-refractivity contribution in [3.63, 3.8) is 0 Å². The topological polar surface area (TPSA) is 46.8 Å². The second-order valence-corrected chi connectivity index (χ2v) is 8.44. The zero-order chi connectivity index (χ0) is 19.1. The summed E-state index contributed by atoms with van der Waals surface area (Å²) in [4.78, 5) is 4.32. The quantitative estimate of drug-likeness (QED) is 0.663. The molecule has 1 atom stereocenters. The molecule has 2 aliphatic carbocycles. The Balaban J connectivity index is 1.38. The van der Waals surface area contributed by atoms with Crippen LogP contribution in [0.5, 0.6) is 5.75 Å². The Morgan fingerprint density at radius 3 is 2.46 bits per heavy atom. The smallest absolute Gasteiger partial charge is 0.122 e. The molecule has 4 nitrogen and oxygen atoms in total. The Morgan fingerprint density at radius 2 is 1.71 bits per heavy atom. The summed E-state index contributed by atoms with van der Waals surface area (Å²) in [7, 11) is 1.75. The van der Waals surface area contributed by atoms with Crippen LogP contribution in [-0.2, 0) is 0 Å². The number of imidazole rings is 1. The lowest BCUT2D eigenvalue weighted by molar-refractivity contribution is 0.0808. The number of fused-ring (bicyclic) bond motifs is 1. The number of hydrogen-bond acceptors (Lipinski definition) is 3.